The predicted octanol–water partition coefficient (Wildman–Crippen LogP) is 2.33. The highest BCUT2D eigenvalue weighted by Crippen LogP contribution is 2.25. The lowest BCUT2D eigenvalue weighted by molar-refractivity contribution is 1.18. The van der Waals surface area contributed by atoms with Crippen LogP contribution in [0.15, 0.2) is 30.5 Å². The molecule has 17 heavy (non-hydrogen) atoms. The van der Waals surface area contributed by atoms with E-state index in [4.69, 9.17) is 22.6 Å². The third-order valence-electron chi connectivity index (χ3n) is 2.03. The van der Waals surface area contributed by atoms with E-state index in [1.807, 2.05) is 6.07 Å². The minimum absolute atomic E-state index is 0.169. The Labute approximate surface area is 103 Å². The van der Waals surface area contributed by atoms with Crippen molar-refractivity contribution in [1.29, 1.82) is 5.26 Å². The van der Waals surface area contributed by atoms with Crippen molar-refractivity contribution in [2.24, 2.45) is 0 Å². The first-order valence-electron chi connectivity index (χ1n) is 4.74. The first-order valence-corrected chi connectivity index (χ1v) is 5.12. The van der Waals surface area contributed by atoms with Crippen molar-refractivity contribution in [2.45, 2.75) is 0 Å². The molecule has 2 rings (SSSR count). The zero-order valence-electron chi connectivity index (χ0n) is 8.68. The summed E-state index contributed by atoms with van der Waals surface area (Å²) in [4.78, 5) is 7.76. The molecule has 2 aromatic rings. The van der Waals surface area contributed by atoms with Gasteiger partial charge in [-0.25, -0.2) is 4.98 Å². The van der Waals surface area contributed by atoms with Crippen molar-refractivity contribution in [3.05, 3.63) is 41.0 Å². The number of nitrogen functional groups attached to an aromatic ring is 1. The summed E-state index contributed by atoms with van der Waals surface area (Å²) in [5.74, 6) is 0.692. The molecule has 0 atom stereocenters. The molecule has 0 radical (unpaired) electrons. The van der Waals surface area contributed by atoms with E-state index >= 15 is 0 Å². The summed E-state index contributed by atoms with van der Waals surface area (Å²) in [6, 6.07) is 8.62. The van der Waals surface area contributed by atoms with Gasteiger partial charge < -0.3 is 11.1 Å². The first-order chi connectivity index (χ1) is 8.19. The Bertz CT molecular complexity index is 591. The van der Waals surface area contributed by atoms with Crippen LogP contribution in [0.25, 0.3) is 0 Å². The Balaban J connectivity index is 2.33. The molecule has 0 fully saturated rings. The molecule has 0 unspecified atom stereocenters. The molecule has 0 bridgehead atoms. The van der Waals surface area contributed by atoms with Gasteiger partial charge in [0.15, 0.2) is 0 Å². The number of hydrogen-bond acceptors (Lipinski definition) is 5. The lowest BCUT2D eigenvalue weighted by atomic mass is 10.2. The van der Waals surface area contributed by atoms with E-state index in [1.165, 1.54) is 6.20 Å². The molecule has 84 valence electrons. The Morgan fingerprint density at radius 3 is 2.88 bits per heavy atom. The van der Waals surface area contributed by atoms with Crippen LogP contribution >= 0.6 is 11.6 Å². The second-order valence-corrected chi connectivity index (χ2v) is 3.64. The number of halogens is 1. The molecule has 0 saturated heterocycles. The topological polar surface area (TPSA) is 87.6 Å². The molecule has 0 saturated carbocycles. The van der Waals surface area contributed by atoms with E-state index in [1.54, 1.807) is 24.3 Å². The van der Waals surface area contributed by atoms with E-state index in [9.17, 15) is 0 Å². The quantitative estimate of drug-likeness (QED) is 0.848. The zero-order chi connectivity index (χ0) is 12.3. The van der Waals surface area contributed by atoms with Crippen LogP contribution in [0.2, 0.25) is 5.02 Å². The highest BCUT2D eigenvalue weighted by Gasteiger charge is 2.03. The molecule has 1 aromatic heterocycles. The largest absolute Gasteiger partial charge is 0.368 e. The number of rotatable bonds is 2. The normalized spacial score (nSPS) is 9.65. The molecule has 0 aliphatic rings. The maximum Gasteiger partial charge on any atom is 0.221 e. The lowest BCUT2D eigenvalue weighted by Gasteiger charge is -2.07. The van der Waals surface area contributed by atoms with E-state index in [-0.39, 0.29) is 5.95 Å². The van der Waals surface area contributed by atoms with Crippen molar-refractivity contribution < 1.29 is 0 Å². The van der Waals surface area contributed by atoms with Crippen molar-refractivity contribution in [2.75, 3.05) is 11.1 Å². The van der Waals surface area contributed by atoms with Crippen LogP contribution in [0.1, 0.15) is 5.56 Å². The van der Waals surface area contributed by atoms with Gasteiger partial charge in [-0.15, -0.1) is 0 Å². The van der Waals surface area contributed by atoms with Crippen LogP contribution in [0.4, 0.5) is 17.5 Å². The van der Waals surface area contributed by atoms with Crippen LogP contribution in [-0.4, -0.2) is 9.97 Å². The van der Waals surface area contributed by atoms with Crippen LogP contribution in [0, 0.1) is 11.3 Å². The summed E-state index contributed by atoms with van der Waals surface area (Å²) in [5.41, 5.74) is 6.57. The van der Waals surface area contributed by atoms with Gasteiger partial charge in [0.05, 0.1) is 22.3 Å². The molecule has 0 amide bonds. The fourth-order valence-electron chi connectivity index (χ4n) is 1.27. The summed E-state index contributed by atoms with van der Waals surface area (Å²) in [6.07, 6.45) is 1.53. The summed E-state index contributed by atoms with van der Waals surface area (Å²) < 4.78 is 0. The van der Waals surface area contributed by atoms with Crippen molar-refractivity contribution in [1.82, 2.24) is 9.97 Å². The van der Waals surface area contributed by atoms with Gasteiger partial charge in [-0.1, -0.05) is 11.6 Å². The third kappa shape index (κ3) is 2.62. The molecular weight excluding hydrogens is 238 g/mol. The number of nitrogens with two attached hydrogens (primary N) is 1. The van der Waals surface area contributed by atoms with Crippen molar-refractivity contribution in [3.8, 4) is 6.07 Å². The van der Waals surface area contributed by atoms with E-state index < -0.39 is 0 Å². The number of anilines is 3. The number of hydrogen-bond donors (Lipinski definition) is 2. The molecule has 3 N–H and O–H groups in total. The molecule has 1 aromatic carbocycles. The van der Waals surface area contributed by atoms with Gasteiger partial charge in [0, 0.05) is 6.20 Å². The number of nitrogens with zero attached hydrogens (tertiary/aromatic N) is 3. The van der Waals surface area contributed by atoms with Gasteiger partial charge in [-0.3, -0.25) is 0 Å². The van der Waals surface area contributed by atoms with Gasteiger partial charge >= 0.3 is 0 Å². The van der Waals surface area contributed by atoms with Crippen LogP contribution < -0.4 is 11.1 Å². The van der Waals surface area contributed by atoms with Gasteiger partial charge in [-0.2, -0.15) is 10.2 Å². The fraction of sp³-hybridized carbons (Fsp3) is 0. The Morgan fingerprint density at radius 2 is 2.18 bits per heavy atom. The summed E-state index contributed by atoms with van der Waals surface area (Å²) in [7, 11) is 0. The number of nitriles is 1. The van der Waals surface area contributed by atoms with E-state index in [0.29, 0.717) is 22.1 Å². The Kier molecular flexibility index (Phi) is 3.08. The molecule has 1 heterocycles. The maximum absolute atomic E-state index is 8.80. The van der Waals surface area contributed by atoms with Gasteiger partial charge in [0.25, 0.3) is 0 Å². The highest BCUT2D eigenvalue weighted by atomic mass is 35.5. The molecule has 5 nitrogen and oxygen atoms in total. The van der Waals surface area contributed by atoms with Crippen LogP contribution in [0.3, 0.4) is 0 Å². The summed E-state index contributed by atoms with van der Waals surface area (Å²) in [5, 5.41) is 12.3. The van der Waals surface area contributed by atoms with Crippen LogP contribution in [-0.2, 0) is 0 Å². The third-order valence-corrected chi connectivity index (χ3v) is 2.36. The monoisotopic (exact) mass is 245 g/mol. The average molecular weight is 246 g/mol. The van der Waals surface area contributed by atoms with Crippen LogP contribution in [0.5, 0.6) is 0 Å². The molecular formula is C11H8ClN5. The second kappa shape index (κ2) is 4.68. The molecule has 0 spiro atoms. The number of nitrogens with one attached hydrogen (secondary N) is 1. The SMILES string of the molecule is N#Cc1ccc(Cl)c(Nc2ccnc(N)n2)c1. The Morgan fingerprint density at radius 1 is 1.35 bits per heavy atom. The van der Waals surface area contributed by atoms with Gasteiger partial charge in [0.2, 0.25) is 5.95 Å². The van der Waals surface area contributed by atoms with Crippen molar-refractivity contribution in [3.63, 3.8) is 0 Å². The summed E-state index contributed by atoms with van der Waals surface area (Å²) >= 11 is 6.00. The number of benzene rings is 1. The molecule has 0 aliphatic heterocycles. The maximum atomic E-state index is 8.80. The van der Waals surface area contributed by atoms with E-state index in [2.05, 4.69) is 15.3 Å². The minimum Gasteiger partial charge on any atom is -0.368 e. The van der Waals surface area contributed by atoms with E-state index in [0.717, 1.165) is 0 Å². The standard InChI is InChI=1S/C11H8ClN5/c12-8-2-1-7(6-13)5-9(8)16-10-3-4-15-11(14)17-10/h1-5H,(H3,14,15,16,17). The highest BCUT2D eigenvalue weighted by molar-refractivity contribution is 6.33. The first kappa shape index (κ1) is 11.2. The zero-order valence-corrected chi connectivity index (χ0v) is 9.44. The van der Waals surface area contributed by atoms with Gasteiger partial charge in [-0.05, 0) is 24.3 Å². The number of aromatic nitrogens is 2. The molecule has 6 heteroatoms. The predicted molar refractivity (Wildman–Crippen MR) is 65.9 cm³/mol. The molecule has 0 aliphatic carbocycles. The van der Waals surface area contributed by atoms with Gasteiger partial charge in [0.1, 0.15) is 5.82 Å². The summed E-state index contributed by atoms with van der Waals surface area (Å²) in [6.45, 7) is 0. The smallest absolute Gasteiger partial charge is 0.221 e. The fourth-order valence-corrected chi connectivity index (χ4v) is 1.44. The van der Waals surface area contributed by atoms with Crippen molar-refractivity contribution >= 4 is 29.1 Å². The average Bonchev–Trinajstić information content (AvgIpc) is 2.32. The second-order valence-electron chi connectivity index (χ2n) is 3.23. The lowest BCUT2D eigenvalue weighted by Crippen LogP contribution is -1.99. The minimum atomic E-state index is 0.169. The Hall–Kier alpha value is -2.32.